The van der Waals surface area contributed by atoms with Gasteiger partial charge in [-0.25, -0.2) is 17.5 Å². The number of rotatable bonds is 6. The molecule has 1 aromatic heterocycles. The van der Waals surface area contributed by atoms with Crippen molar-refractivity contribution in [3.63, 3.8) is 0 Å². The minimum Gasteiger partial charge on any atom is -0.366 e. The maximum atomic E-state index is 13.6. The van der Waals surface area contributed by atoms with Crippen molar-refractivity contribution >= 4 is 44.0 Å². The second-order valence-corrected chi connectivity index (χ2v) is 12.4. The molecule has 0 bridgehead atoms. The van der Waals surface area contributed by atoms with Crippen LogP contribution in [0.5, 0.6) is 0 Å². The molecule has 2 N–H and O–H groups in total. The molecule has 0 radical (unpaired) electrons. The Labute approximate surface area is 218 Å². The lowest BCUT2D eigenvalue weighted by Gasteiger charge is -2.20. The van der Waals surface area contributed by atoms with E-state index in [1.165, 1.54) is 18.2 Å². The highest BCUT2D eigenvalue weighted by Crippen LogP contribution is 2.38. The average Bonchev–Trinajstić information content (AvgIpc) is 3.35. The first-order valence-corrected chi connectivity index (χ1v) is 13.8. The van der Waals surface area contributed by atoms with Gasteiger partial charge in [-0.15, -0.1) is 0 Å². The predicted octanol–water partition coefficient (Wildman–Crippen LogP) is 4.98. The van der Waals surface area contributed by atoms with Gasteiger partial charge in [0.25, 0.3) is 0 Å². The summed E-state index contributed by atoms with van der Waals surface area (Å²) in [7, 11) is -3.15. The highest BCUT2D eigenvalue weighted by atomic mass is 35.5. The molecule has 7 nitrogen and oxygen atoms in total. The van der Waals surface area contributed by atoms with E-state index < -0.39 is 27.0 Å². The largest absolute Gasteiger partial charge is 0.366 e. The molecule has 10 heteroatoms. The number of hydrogen-bond acceptors (Lipinski definition) is 5. The fourth-order valence-electron chi connectivity index (χ4n) is 4.83. The first-order valence-electron chi connectivity index (χ1n) is 11.6. The van der Waals surface area contributed by atoms with Gasteiger partial charge in [-0.3, -0.25) is 9.59 Å². The molecule has 1 atom stereocenters. The summed E-state index contributed by atoms with van der Waals surface area (Å²) in [5.74, 6) is -1.13. The zero-order valence-corrected chi connectivity index (χ0v) is 21.4. The topological polar surface area (TPSA) is 112 Å². The molecule has 1 unspecified atom stereocenters. The summed E-state index contributed by atoms with van der Waals surface area (Å²) < 4.78 is 39.2. The quantitative estimate of drug-likeness (QED) is 0.347. The van der Waals surface area contributed by atoms with Crippen LogP contribution >= 0.6 is 11.6 Å². The van der Waals surface area contributed by atoms with Crippen LogP contribution in [-0.4, -0.2) is 41.4 Å². The normalized spacial score (nSPS) is 18.8. The van der Waals surface area contributed by atoms with Crippen LogP contribution < -0.4 is 5.73 Å². The van der Waals surface area contributed by atoms with E-state index in [4.69, 9.17) is 22.4 Å². The maximum Gasteiger partial charge on any atom is 0.248 e. The molecular weight excluding hydrogens is 517 g/mol. The van der Waals surface area contributed by atoms with E-state index in [0.717, 1.165) is 0 Å². The van der Waals surface area contributed by atoms with Crippen molar-refractivity contribution in [2.45, 2.75) is 19.8 Å². The Morgan fingerprint density at radius 3 is 2.43 bits per heavy atom. The van der Waals surface area contributed by atoms with Crippen LogP contribution in [0.4, 0.5) is 4.39 Å². The highest BCUT2D eigenvalue weighted by Gasteiger charge is 2.40. The van der Waals surface area contributed by atoms with Crippen LogP contribution in [0.3, 0.4) is 0 Å². The molecule has 4 aromatic rings. The maximum absolute atomic E-state index is 13.6. The van der Waals surface area contributed by atoms with Gasteiger partial charge in [-0.2, -0.15) is 5.10 Å². The first kappa shape index (κ1) is 25.1. The number of carbonyl (C=O) groups excluding carboxylic acids is 2. The molecule has 1 fully saturated rings. The standard InChI is InChI=1S/C27H23ClFN3O4S/c1-27(10-11-37(35,36)15-27)14-24(33)16-2-8-20-23(13-16)32(19-6-4-18(29)5-7-19)31-25(20)21-12-17(26(30)34)3-9-22(21)28/h2-9,12-13H,10-11,14-15H2,1H3,(H2,30,34). The van der Waals surface area contributed by atoms with Gasteiger partial charge in [0.1, 0.15) is 11.5 Å². The molecular formula is C27H23ClFN3O4S. The van der Waals surface area contributed by atoms with Crippen LogP contribution in [0.15, 0.2) is 60.7 Å². The van der Waals surface area contributed by atoms with Gasteiger partial charge in [0.05, 0.1) is 27.7 Å². The third-order valence-electron chi connectivity index (χ3n) is 6.75. The van der Waals surface area contributed by atoms with E-state index in [-0.39, 0.29) is 29.3 Å². The molecule has 1 amide bonds. The summed E-state index contributed by atoms with van der Waals surface area (Å²) in [4.78, 5) is 25.0. The lowest BCUT2D eigenvalue weighted by atomic mass is 9.83. The summed E-state index contributed by atoms with van der Waals surface area (Å²) >= 11 is 6.47. The Bertz CT molecular complexity index is 1680. The molecule has 190 valence electrons. The molecule has 0 saturated carbocycles. The first-order chi connectivity index (χ1) is 17.4. The van der Waals surface area contributed by atoms with Crippen molar-refractivity contribution in [1.29, 1.82) is 0 Å². The van der Waals surface area contributed by atoms with Gasteiger partial charge in [0, 0.05) is 28.5 Å². The van der Waals surface area contributed by atoms with Crippen molar-refractivity contribution in [3.05, 3.63) is 82.6 Å². The lowest BCUT2D eigenvalue weighted by molar-refractivity contribution is 0.0933. The number of fused-ring (bicyclic) bond motifs is 1. The summed E-state index contributed by atoms with van der Waals surface area (Å²) in [6, 6.07) is 15.5. The van der Waals surface area contributed by atoms with Crippen LogP contribution in [0, 0.1) is 11.2 Å². The number of ketones is 1. The molecule has 3 aromatic carbocycles. The number of aromatic nitrogens is 2. The number of amides is 1. The molecule has 5 rings (SSSR count). The number of benzene rings is 3. The SMILES string of the molecule is CC1(CC(=O)c2ccc3c(-c4cc(C(N)=O)ccc4Cl)nn(-c4ccc(F)cc4)c3c2)CCS(=O)(=O)C1. The molecule has 37 heavy (non-hydrogen) atoms. The average molecular weight is 540 g/mol. The van der Waals surface area contributed by atoms with Crippen LogP contribution in [0.2, 0.25) is 5.02 Å². The minimum absolute atomic E-state index is 0.0135. The van der Waals surface area contributed by atoms with Crippen molar-refractivity contribution in [1.82, 2.24) is 9.78 Å². The van der Waals surface area contributed by atoms with Gasteiger partial charge >= 0.3 is 0 Å². The summed E-state index contributed by atoms with van der Waals surface area (Å²) in [5, 5.41) is 5.73. The second kappa shape index (κ2) is 9.08. The van der Waals surface area contributed by atoms with Gasteiger partial charge in [0.2, 0.25) is 5.91 Å². The van der Waals surface area contributed by atoms with E-state index in [0.29, 0.717) is 44.9 Å². The Morgan fingerprint density at radius 1 is 1.08 bits per heavy atom. The number of nitrogens with zero attached hydrogens (tertiary/aromatic N) is 2. The fourth-order valence-corrected chi connectivity index (χ4v) is 7.30. The molecule has 1 aliphatic rings. The lowest BCUT2D eigenvalue weighted by Crippen LogP contribution is -2.22. The monoisotopic (exact) mass is 539 g/mol. The summed E-state index contributed by atoms with van der Waals surface area (Å²) in [6.45, 7) is 1.82. The third kappa shape index (κ3) is 4.89. The van der Waals surface area contributed by atoms with Crippen molar-refractivity contribution < 1.29 is 22.4 Å². The smallest absolute Gasteiger partial charge is 0.248 e. The number of halogens is 2. The predicted molar refractivity (Wildman–Crippen MR) is 140 cm³/mol. The Balaban J connectivity index is 1.64. The Hall–Kier alpha value is -3.56. The molecule has 1 saturated heterocycles. The third-order valence-corrected chi connectivity index (χ3v) is 9.05. The molecule has 1 aliphatic heterocycles. The van der Waals surface area contributed by atoms with Gasteiger partial charge in [-0.05, 0) is 66.4 Å². The second-order valence-electron chi connectivity index (χ2n) is 9.78. The van der Waals surface area contributed by atoms with Crippen molar-refractivity contribution in [2.75, 3.05) is 11.5 Å². The number of carbonyl (C=O) groups is 2. The number of Topliss-reactive ketones (excluding diaryl/α,β-unsaturated/α-hetero) is 1. The Morgan fingerprint density at radius 2 is 1.78 bits per heavy atom. The number of primary amides is 1. The van der Waals surface area contributed by atoms with Gasteiger partial charge < -0.3 is 5.73 Å². The van der Waals surface area contributed by atoms with Crippen LogP contribution in [0.1, 0.15) is 40.5 Å². The zero-order chi connectivity index (χ0) is 26.5. The van der Waals surface area contributed by atoms with Crippen molar-refractivity contribution in [2.24, 2.45) is 11.1 Å². The van der Waals surface area contributed by atoms with E-state index in [1.807, 2.05) is 6.92 Å². The number of sulfone groups is 1. The number of nitrogens with two attached hydrogens (primary N) is 1. The van der Waals surface area contributed by atoms with E-state index in [2.05, 4.69) is 0 Å². The number of hydrogen-bond donors (Lipinski definition) is 1. The molecule has 0 aliphatic carbocycles. The van der Waals surface area contributed by atoms with Crippen LogP contribution in [-0.2, 0) is 9.84 Å². The van der Waals surface area contributed by atoms with Gasteiger partial charge in [0.15, 0.2) is 15.6 Å². The molecule has 0 spiro atoms. The Kier molecular flexibility index (Phi) is 6.16. The highest BCUT2D eigenvalue weighted by molar-refractivity contribution is 7.91. The molecule has 2 heterocycles. The van der Waals surface area contributed by atoms with E-state index in [9.17, 15) is 22.4 Å². The van der Waals surface area contributed by atoms with E-state index in [1.54, 1.807) is 47.1 Å². The minimum atomic E-state index is -3.15. The summed E-state index contributed by atoms with van der Waals surface area (Å²) in [6.07, 6.45) is 0.539. The fraction of sp³-hybridized carbons (Fsp3) is 0.222. The van der Waals surface area contributed by atoms with Gasteiger partial charge in [-0.1, -0.05) is 24.6 Å². The zero-order valence-electron chi connectivity index (χ0n) is 19.9. The summed E-state index contributed by atoms with van der Waals surface area (Å²) in [5.41, 5.74) is 7.57. The van der Waals surface area contributed by atoms with Crippen molar-refractivity contribution in [3.8, 4) is 16.9 Å². The van der Waals surface area contributed by atoms with Crippen LogP contribution in [0.25, 0.3) is 27.8 Å². The van der Waals surface area contributed by atoms with E-state index >= 15 is 0 Å².